The maximum absolute atomic E-state index is 14.5. The summed E-state index contributed by atoms with van der Waals surface area (Å²) in [5.41, 5.74) is 3.13. The minimum atomic E-state index is -3.24. The SMILES string of the molecule is CC1(C)[C@H]2CC[C@@]1(c1cccc(-c3cnc(CS(C)(=O)=O)nc3)n1)c1nnc(-c3c(F)cccc3F)cc12. The fourth-order valence-corrected chi connectivity index (χ4v) is 7.00. The summed E-state index contributed by atoms with van der Waals surface area (Å²) >= 11 is 0. The van der Waals surface area contributed by atoms with E-state index in [1.807, 2.05) is 18.2 Å². The van der Waals surface area contributed by atoms with Crippen molar-refractivity contribution in [2.45, 2.75) is 43.8 Å². The van der Waals surface area contributed by atoms with Gasteiger partial charge in [-0.3, -0.25) is 4.98 Å². The van der Waals surface area contributed by atoms with Gasteiger partial charge in [0.15, 0.2) is 9.84 Å². The highest BCUT2D eigenvalue weighted by molar-refractivity contribution is 7.89. The fraction of sp³-hybridized carbons (Fsp3) is 0.321. The number of aromatic nitrogens is 5. The number of nitrogens with zero attached hydrogens (tertiary/aromatic N) is 5. The molecule has 2 bridgehead atoms. The van der Waals surface area contributed by atoms with Gasteiger partial charge in [0.05, 0.1) is 33.8 Å². The molecule has 38 heavy (non-hydrogen) atoms. The van der Waals surface area contributed by atoms with Crippen LogP contribution in [-0.2, 0) is 21.0 Å². The summed E-state index contributed by atoms with van der Waals surface area (Å²) in [5.74, 6) is -1.21. The van der Waals surface area contributed by atoms with Crippen molar-refractivity contribution >= 4 is 9.84 Å². The minimum Gasteiger partial charge on any atom is -0.252 e. The van der Waals surface area contributed by atoms with Crippen LogP contribution < -0.4 is 0 Å². The highest BCUT2D eigenvalue weighted by Crippen LogP contribution is 2.69. The normalized spacial score (nSPS) is 21.4. The molecule has 0 amide bonds. The van der Waals surface area contributed by atoms with Crippen LogP contribution in [0.1, 0.15) is 55.4 Å². The molecule has 1 saturated carbocycles. The highest BCUT2D eigenvalue weighted by Gasteiger charge is 2.65. The monoisotopic (exact) mass is 533 g/mol. The van der Waals surface area contributed by atoms with E-state index in [9.17, 15) is 17.2 Å². The quantitative estimate of drug-likeness (QED) is 0.355. The van der Waals surface area contributed by atoms with E-state index in [2.05, 4.69) is 34.0 Å². The molecule has 194 valence electrons. The molecule has 0 spiro atoms. The molecule has 7 nitrogen and oxygen atoms in total. The first-order valence-electron chi connectivity index (χ1n) is 12.3. The average Bonchev–Trinajstić information content (AvgIpc) is 3.24. The molecule has 1 fully saturated rings. The Kier molecular flexibility index (Phi) is 5.47. The summed E-state index contributed by atoms with van der Waals surface area (Å²) in [6.45, 7) is 4.38. The van der Waals surface area contributed by atoms with Crippen LogP contribution in [0.2, 0.25) is 0 Å². The van der Waals surface area contributed by atoms with Crippen molar-refractivity contribution < 1.29 is 17.2 Å². The lowest BCUT2D eigenvalue weighted by molar-refractivity contribution is 0.243. The Balaban J connectivity index is 1.43. The second kappa shape index (κ2) is 8.42. The molecule has 1 aromatic carbocycles. The first kappa shape index (κ1) is 24.7. The first-order chi connectivity index (χ1) is 18.0. The van der Waals surface area contributed by atoms with Gasteiger partial charge in [0.1, 0.15) is 23.2 Å². The first-order valence-corrected chi connectivity index (χ1v) is 14.4. The second-order valence-corrected chi connectivity index (χ2v) is 12.9. The number of rotatable bonds is 5. The Morgan fingerprint density at radius 3 is 2.34 bits per heavy atom. The van der Waals surface area contributed by atoms with E-state index in [0.29, 0.717) is 11.3 Å². The Labute approximate surface area is 219 Å². The van der Waals surface area contributed by atoms with Gasteiger partial charge in [-0.2, -0.15) is 5.10 Å². The molecule has 0 N–H and O–H groups in total. The Morgan fingerprint density at radius 1 is 0.974 bits per heavy atom. The second-order valence-electron chi connectivity index (χ2n) is 10.7. The summed E-state index contributed by atoms with van der Waals surface area (Å²) < 4.78 is 52.2. The van der Waals surface area contributed by atoms with Crippen molar-refractivity contribution in [3.8, 4) is 22.5 Å². The van der Waals surface area contributed by atoms with Gasteiger partial charge in [-0.15, -0.1) is 5.10 Å². The molecule has 3 aromatic heterocycles. The van der Waals surface area contributed by atoms with E-state index in [4.69, 9.17) is 4.98 Å². The lowest BCUT2D eigenvalue weighted by Gasteiger charge is -2.37. The van der Waals surface area contributed by atoms with Crippen LogP contribution in [0.4, 0.5) is 8.78 Å². The summed E-state index contributed by atoms with van der Waals surface area (Å²) in [7, 11) is -3.24. The maximum Gasteiger partial charge on any atom is 0.154 e. The predicted octanol–water partition coefficient (Wildman–Crippen LogP) is 5.02. The number of hydrogen-bond donors (Lipinski definition) is 0. The molecule has 0 saturated heterocycles. The third-order valence-electron chi connectivity index (χ3n) is 8.18. The van der Waals surface area contributed by atoms with Gasteiger partial charge in [-0.05, 0) is 60.1 Å². The maximum atomic E-state index is 14.5. The molecule has 6 rings (SSSR count). The van der Waals surface area contributed by atoms with Gasteiger partial charge in [-0.25, -0.2) is 27.2 Å². The van der Waals surface area contributed by atoms with E-state index >= 15 is 0 Å². The molecule has 2 aliphatic rings. The molecule has 3 heterocycles. The summed E-state index contributed by atoms with van der Waals surface area (Å²) in [6.07, 6.45) is 6.01. The lowest BCUT2D eigenvalue weighted by atomic mass is 9.66. The van der Waals surface area contributed by atoms with Crippen molar-refractivity contribution in [2.75, 3.05) is 6.26 Å². The van der Waals surface area contributed by atoms with Gasteiger partial charge < -0.3 is 0 Å². The predicted molar refractivity (Wildman–Crippen MR) is 138 cm³/mol. The molecular formula is C28H25F2N5O2S. The zero-order valence-electron chi connectivity index (χ0n) is 21.1. The van der Waals surface area contributed by atoms with Crippen molar-refractivity contribution in [3.05, 3.63) is 89.3 Å². The standard InChI is InChI=1S/C28H25F2N5O2S/c1-27(2)18-10-11-28(27,26-17(18)12-22(34-35-26)25-19(29)6-4-7-20(25)30)23-9-5-8-21(33-23)16-13-31-24(32-14-16)15-38(3,36)37/h4-9,12-14,18H,10-11,15H2,1-3H3/t18-,28+/m0/s1. The topological polar surface area (TPSA) is 98.6 Å². The number of halogens is 2. The van der Waals surface area contributed by atoms with Crippen LogP contribution in [0, 0.1) is 17.0 Å². The third kappa shape index (κ3) is 3.65. The van der Waals surface area contributed by atoms with E-state index < -0.39 is 26.9 Å². The van der Waals surface area contributed by atoms with Gasteiger partial charge in [0, 0.05) is 24.2 Å². The van der Waals surface area contributed by atoms with Crippen LogP contribution in [0.5, 0.6) is 0 Å². The zero-order chi connectivity index (χ0) is 26.9. The molecule has 0 aliphatic heterocycles. The van der Waals surface area contributed by atoms with Gasteiger partial charge in [-0.1, -0.05) is 26.0 Å². The number of hydrogen-bond acceptors (Lipinski definition) is 7. The summed E-state index contributed by atoms with van der Waals surface area (Å²) in [6, 6.07) is 11.3. The van der Waals surface area contributed by atoms with Gasteiger partial charge in [0.2, 0.25) is 0 Å². The van der Waals surface area contributed by atoms with Crippen LogP contribution in [-0.4, -0.2) is 39.8 Å². The highest BCUT2D eigenvalue weighted by atomic mass is 32.2. The van der Waals surface area contributed by atoms with E-state index in [1.165, 1.54) is 18.2 Å². The number of pyridine rings is 1. The van der Waals surface area contributed by atoms with Crippen molar-refractivity contribution in [2.24, 2.45) is 5.41 Å². The molecule has 2 aliphatic carbocycles. The molecule has 0 radical (unpaired) electrons. The zero-order valence-corrected chi connectivity index (χ0v) is 21.9. The fourth-order valence-electron chi connectivity index (χ4n) is 6.39. The third-order valence-corrected chi connectivity index (χ3v) is 8.96. The van der Waals surface area contributed by atoms with E-state index in [0.717, 1.165) is 36.0 Å². The summed E-state index contributed by atoms with van der Waals surface area (Å²) in [4.78, 5) is 13.4. The number of sulfone groups is 1. The number of benzene rings is 1. The van der Waals surface area contributed by atoms with Gasteiger partial charge in [0.25, 0.3) is 0 Å². The van der Waals surface area contributed by atoms with Crippen molar-refractivity contribution in [1.82, 2.24) is 25.1 Å². The largest absolute Gasteiger partial charge is 0.252 e. The van der Waals surface area contributed by atoms with Crippen LogP contribution in [0.25, 0.3) is 22.5 Å². The van der Waals surface area contributed by atoms with Crippen molar-refractivity contribution in [3.63, 3.8) is 0 Å². The Morgan fingerprint density at radius 2 is 1.66 bits per heavy atom. The molecule has 10 heteroatoms. The average molecular weight is 534 g/mol. The molecule has 4 aromatic rings. The molecule has 0 unspecified atom stereocenters. The lowest BCUT2D eigenvalue weighted by Crippen LogP contribution is -2.37. The van der Waals surface area contributed by atoms with Crippen LogP contribution in [0.15, 0.2) is 54.9 Å². The Bertz CT molecular complexity index is 1670. The van der Waals surface area contributed by atoms with Crippen molar-refractivity contribution in [1.29, 1.82) is 0 Å². The van der Waals surface area contributed by atoms with Crippen LogP contribution >= 0.6 is 0 Å². The molecule has 2 atom stereocenters. The smallest absolute Gasteiger partial charge is 0.154 e. The molecular weight excluding hydrogens is 508 g/mol. The van der Waals surface area contributed by atoms with Gasteiger partial charge >= 0.3 is 0 Å². The van der Waals surface area contributed by atoms with Crippen LogP contribution in [0.3, 0.4) is 0 Å². The summed E-state index contributed by atoms with van der Waals surface area (Å²) in [5, 5.41) is 8.88. The minimum absolute atomic E-state index is 0.130. The Hall–Kier alpha value is -3.66. The van der Waals surface area contributed by atoms with E-state index in [1.54, 1.807) is 18.5 Å². The number of fused-ring (bicyclic) bond motifs is 5. The van der Waals surface area contributed by atoms with E-state index in [-0.39, 0.29) is 34.2 Å².